The predicted octanol–water partition coefficient (Wildman–Crippen LogP) is 4.04. The summed E-state index contributed by atoms with van der Waals surface area (Å²) in [4.78, 5) is 0.571. The number of halogens is 1. The number of thiocarbonyl (C=S) groups is 1. The summed E-state index contributed by atoms with van der Waals surface area (Å²) in [5, 5.41) is 3.61. The van der Waals surface area contributed by atoms with Crippen molar-refractivity contribution < 1.29 is 9.15 Å². The lowest BCUT2D eigenvalue weighted by atomic mass is 10.2. The van der Waals surface area contributed by atoms with Crippen LogP contribution in [0.1, 0.15) is 11.3 Å². The first-order chi connectivity index (χ1) is 9.61. The van der Waals surface area contributed by atoms with Crippen molar-refractivity contribution >= 4 is 34.5 Å². The highest BCUT2D eigenvalue weighted by atomic mass is 35.5. The lowest BCUT2D eigenvalue weighted by Gasteiger charge is -2.10. The van der Waals surface area contributed by atoms with Gasteiger partial charge in [-0.2, -0.15) is 0 Å². The van der Waals surface area contributed by atoms with Crippen LogP contribution in [0.5, 0.6) is 5.75 Å². The van der Waals surface area contributed by atoms with Gasteiger partial charge >= 0.3 is 0 Å². The van der Waals surface area contributed by atoms with Gasteiger partial charge in [0.25, 0.3) is 0 Å². The van der Waals surface area contributed by atoms with Gasteiger partial charge in [-0.05, 0) is 25.1 Å². The van der Waals surface area contributed by atoms with E-state index in [1.807, 2.05) is 19.1 Å². The lowest BCUT2D eigenvalue weighted by Crippen LogP contribution is -2.10. The molecular weight excluding hydrogens is 294 g/mol. The number of ether oxygens (including phenoxy) is 1. The van der Waals surface area contributed by atoms with Crippen molar-refractivity contribution in [3.63, 3.8) is 0 Å². The number of rotatable bonds is 4. The van der Waals surface area contributed by atoms with Crippen molar-refractivity contribution in [3.05, 3.63) is 46.9 Å². The maximum absolute atomic E-state index is 6.02. The van der Waals surface area contributed by atoms with E-state index in [0.717, 1.165) is 17.0 Å². The highest BCUT2D eigenvalue weighted by Gasteiger charge is 2.09. The Morgan fingerprint density at radius 2 is 2.30 bits per heavy atom. The third-order valence-corrected chi connectivity index (χ3v) is 3.24. The molecule has 2 aromatic rings. The van der Waals surface area contributed by atoms with Gasteiger partial charge in [-0.3, -0.25) is 0 Å². The summed E-state index contributed by atoms with van der Waals surface area (Å²) in [5.41, 5.74) is 1.62. The summed E-state index contributed by atoms with van der Waals surface area (Å²) in [6, 6.07) is 7.10. The molecule has 0 aliphatic rings. The van der Waals surface area contributed by atoms with Gasteiger partial charge in [0.2, 0.25) is 0 Å². The van der Waals surface area contributed by atoms with E-state index in [9.17, 15) is 0 Å². The smallest absolute Gasteiger partial charge is 0.148 e. The van der Waals surface area contributed by atoms with Gasteiger partial charge in [0.1, 0.15) is 23.1 Å². The van der Waals surface area contributed by atoms with E-state index >= 15 is 0 Å². The van der Waals surface area contributed by atoms with E-state index in [1.165, 1.54) is 0 Å². The summed E-state index contributed by atoms with van der Waals surface area (Å²) >= 11 is 11.4. The molecule has 3 nitrogen and oxygen atoms in total. The van der Waals surface area contributed by atoms with Crippen LogP contribution in [0.3, 0.4) is 0 Å². The second kappa shape index (κ2) is 6.47. The summed E-state index contributed by atoms with van der Waals surface area (Å²) < 4.78 is 10.6. The number of anilines is 1. The molecule has 102 valence electrons. The van der Waals surface area contributed by atoms with Crippen LogP contribution in [0.25, 0.3) is 0 Å². The van der Waals surface area contributed by atoms with Crippen molar-refractivity contribution in [3.8, 4) is 18.1 Å². The third kappa shape index (κ3) is 3.32. The van der Waals surface area contributed by atoms with E-state index in [2.05, 4.69) is 11.2 Å². The van der Waals surface area contributed by atoms with Crippen LogP contribution in [0.2, 0.25) is 5.02 Å². The average molecular weight is 306 g/mol. The first-order valence-corrected chi connectivity index (χ1v) is 6.61. The molecule has 0 unspecified atom stereocenters. The maximum atomic E-state index is 6.02. The Bertz CT molecular complexity index is 673. The molecule has 0 amide bonds. The normalized spacial score (nSPS) is 9.85. The van der Waals surface area contributed by atoms with Gasteiger partial charge in [0.05, 0.1) is 16.8 Å². The van der Waals surface area contributed by atoms with Crippen molar-refractivity contribution in [1.29, 1.82) is 0 Å². The van der Waals surface area contributed by atoms with Crippen molar-refractivity contribution in [1.82, 2.24) is 0 Å². The van der Waals surface area contributed by atoms with Crippen LogP contribution in [0.15, 0.2) is 34.9 Å². The van der Waals surface area contributed by atoms with E-state index in [0.29, 0.717) is 15.8 Å². The maximum Gasteiger partial charge on any atom is 0.148 e. The van der Waals surface area contributed by atoms with Crippen molar-refractivity contribution in [2.24, 2.45) is 0 Å². The minimum Gasteiger partial charge on any atom is -0.479 e. The number of furan rings is 1. The van der Waals surface area contributed by atoms with E-state index < -0.39 is 0 Å². The Hall–Kier alpha value is -1.96. The zero-order valence-corrected chi connectivity index (χ0v) is 12.3. The Morgan fingerprint density at radius 1 is 1.50 bits per heavy atom. The number of hydrogen-bond donors (Lipinski definition) is 1. The molecule has 1 N–H and O–H groups in total. The summed E-state index contributed by atoms with van der Waals surface area (Å²) in [5.74, 6) is 3.67. The lowest BCUT2D eigenvalue weighted by molar-refractivity contribution is 0.371. The molecule has 1 aromatic carbocycles. The molecule has 20 heavy (non-hydrogen) atoms. The molecule has 0 aliphatic carbocycles. The molecule has 0 saturated heterocycles. The monoisotopic (exact) mass is 305 g/mol. The van der Waals surface area contributed by atoms with Gasteiger partial charge in [0.15, 0.2) is 0 Å². The zero-order chi connectivity index (χ0) is 14.5. The summed E-state index contributed by atoms with van der Waals surface area (Å²) in [7, 11) is 0. The number of nitrogens with one attached hydrogen (secondary N) is 1. The summed E-state index contributed by atoms with van der Waals surface area (Å²) in [6.45, 7) is 2.01. The second-order valence-corrected chi connectivity index (χ2v) is 4.80. The van der Waals surface area contributed by atoms with Crippen molar-refractivity contribution in [2.75, 3.05) is 11.9 Å². The highest BCUT2D eigenvalue weighted by Crippen LogP contribution is 2.28. The van der Waals surface area contributed by atoms with Crippen LogP contribution in [0.4, 0.5) is 5.69 Å². The van der Waals surface area contributed by atoms with Gasteiger partial charge in [-0.25, -0.2) is 0 Å². The molecule has 0 spiro atoms. The molecule has 0 radical (unpaired) electrons. The van der Waals surface area contributed by atoms with Crippen LogP contribution in [-0.2, 0) is 0 Å². The molecule has 0 saturated carbocycles. The van der Waals surface area contributed by atoms with E-state index in [-0.39, 0.29) is 6.61 Å². The Morgan fingerprint density at radius 3 is 2.95 bits per heavy atom. The van der Waals surface area contributed by atoms with E-state index in [1.54, 1.807) is 18.4 Å². The molecule has 1 heterocycles. The molecule has 5 heteroatoms. The zero-order valence-electron chi connectivity index (χ0n) is 10.8. The molecule has 1 aromatic heterocycles. The van der Waals surface area contributed by atoms with Crippen molar-refractivity contribution in [2.45, 2.75) is 6.92 Å². The fraction of sp³-hybridized carbons (Fsp3) is 0.133. The molecule has 0 atom stereocenters. The largest absolute Gasteiger partial charge is 0.479 e. The number of benzene rings is 1. The van der Waals surface area contributed by atoms with Crippen LogP contribution >= 0.6 is 23.8 Å². The minimum absolute atomic E-state index is 0.161. The molecule has 0 aliphatic heterocycles. The minimum atomic E-state index is 0.161. The van der Waals surface area contributed by atoms with Gasteiger partial charge in [-0.15, -0.1) is 6.42 Å². The van der Waals surface area contributed by atoms with Gasteiger partial charge in [-0.1, -0.05) is 29.7 Å². The fourth-order valence-electron chi connectivity index (χ4n) is 1.63. The summed E-state index contributed by atoms with van der Waals surface area (Å²) in [6.07, 6.45) is 6.76. The number of hydrogen-bond acceptors (Lipinski definition) is 3. The van der Waals surface area contributed by atoms with E-state index in [4.69, 9.17) is 39.4 Å². The SMILES string of the molecule is C#CCOc1cc(NC(=S)c2ccoc2C)ccc1Cl. The van der Waals surface area contributed by atoms with Crippen LogP contribution in [-0.4, -0.2) is 11.6 Å². The Kier molecular flexibility index (Phi) is 4.67. The number of aryl methyl sites for hydroxylation is 1. The standard InChI is InChI=1S/C15H12ClNO2S/c1-3-7-19-14-9-11(4-5-13(14)16)17-15(20)12-6-8-18-10(12)2/h1,4-6,8-9H,7H2,2H3,(H,17,20). The predicted molar refractivity (Wildman–Crippen MR) is 84.5 cm³/mol. The topological polar surface area (TPSA) is 34.4 Å². The quantitative estimate of drug-likeness (QED) is 0.683. The Balaban J connectivity index is 2.16. The molecule has 0 bridgehead atoms. The Labute approximate surface area is 127 Å². The average Bonchev–Trinajstić information content (AvgIpc) is 2.85. The number of terminal acetylenes is 1. The molecular formula is C15H12ClNO2S. The third-order valence-electron chi connectivity index (χ3n) is 2.60. The van der Waals surface area contributed by atoms with Gasteiger partial charge < -0.3 is 14.5 Å². The van der Waals surface area contributed by atoms with Crippen LogP contribution < -0.4 is 10.1 Å². The first kappa shape index (κ1) is 14.4. The highest BCUT2D eigenvalue weighted by molar-refractivity contribution is 7.81. The molecule has 0 fully saturated rings. The first-order valence-electron chi connectivity index (χ1n) is 5.83. The van der Waals surface area contributed by atoms with Gasteiger partial charge in [0, 0.05) is 11.8 Å². The molecule has 2 rings (SSSR count). The van der Waals surface area contributed by atoms with Crippen LogP contribution in [0, 0.1) is 19.3 Å². The fourth-order valence-corrected chi connectivity index (χ4v) is 2.13. The second-order valence-electron chi connectivity index (χ2n) is 3.98.